The number of benzene rings is 2. The van der Waals surface area contributed by atoms with Gasteiger partial charge in [0.25, 0.3) is 5.91 Å². The van der Waals surface area contributed by atoms with Crippen LogP contribution in [0.4, 0.5) is 5.69 Å². The number of thiocarbonyl (C=S) groups is 1. The maximum absolute atomic E-state index is 11.8. The molecule has 2 aromatic carbocycles. The third kappa shape index (κ3) is 5.88. The standard InChI is InChI=1S/C16H15Cl2N3O2S/c1-10-2-7-13(18)14(8-10)23-9-15(22)20-21-16(24)19-12-5-3-11(17)4-6-12/h2-8H,9H2,1H3,(H,20,22)(H2,19,21,24). The van der Waals surface area contributed by atoms with Crippen molar-refractivity contribution in [3.8, 4) is 5.75 Å². The Kier molecular flexibility index (Phi) is 6.66. The van der Waals surface area contributed by atoms with Crippen molar-refractivity contribution in [2.24, 2.45) is 0 Å². The Morgan fingerprint density at radius 2 is 1.83 bits per heavy atom. The second-order valence-corrected chi connectivity index (χ2v) is 6.11. The van der Waals surface area contributed by atoms with Crippen molar-refractivity contribution in [2.45, 2.75) is 6.92 Å². The number of ether oxygens (including phenoxy) is 1. The molecule has 0 fully saturated rings. The van der Waals surface area contributed by atoms with Crippen LogP contribution >= 0.6 is 35.4 Å². The molecule has 0 aliphatic heterocycles. The summed E-state index contributed by atoms with van der Waals surface area (Å²) in [5.41, 5.74) is 6.75. The number of halogens is 2. The minimum atomic E-state index is -0.396. The summed E-state index contributed by atoms with van der Waals surface area (Å²) in [6.45, 7) is 1.71. The zero-order valence-electron chi connectivity index (χ0n) is 12.7. The second-order valence-electron chi connectivity index (χ2n) is 4.86. The highest BCUT2D eigenvalue weighted by molar-refractivity contribution is 7.80. The van der Waals surface area contributed by atoms with Gasteiger partial charge in [-0.2, -0.15) is 0 Å². The predicted molar refractivity (Wildman–Crippen MR) is 101 cm³/mol. The number of hydrazine groups is 1. The zero-order valence-corrected chi connectivity index (χ0v) is 15.1. The molecule has 1 amide bonds. The molecule has 0 aliphatic rings. The molecule has 0 radical (unpaired) electrons. The van der Waals surface area contributed by atoms with E-state index in [0.717, 1.165) is 11.3 Å². The summed E-state index contributed by atoms with van der Waals surface area (Å²) < 4.78 is 5.38. The number of aryl methyl sites for hydroxylation is 1. The molecular weight excluding hydrogens is 369 g/mol. The third-order valence-electron chi connectivity index (χ3n) is 2.86. The van der Waals surface area contributed by atoms with Crippen molar-refractivity contribution in [3.63, 3.8) is 0 Å². The number of hydrogen-bond acceptors (Lipinski definition) is 3. The van der Waals surface area contributed by atoms with Crippen LogP contribution in [0.5, 0.6) is 5.75 Å². The lowest BCUT2D eigenvalue weighted by Gasteiger charge is -2.12. The van der Waals surface area contributed by atoms with Crippen molar-refractivity contribution in [2.75, 3.05) is 11.9 Å². The van der Waals surface area contributed by atoms with E-state index < -0.39 is 5.91 Å². The fourth-order valence-corrected chi connectivity index (χ4v) is 2.19. The summed E-state index contributed by atoms with van der Waals surface area (Å²) in [6.07, 6.45) is 0. The first-order valence-electron chi connectivity index (χ1n) is 6.94. The van der Waals surface area contributed by atoms with Crippen molar-refractivity contribution >= 4 is 52.1 Å². The van der Waals surface area contributed by atoms with Gasteiger partial charge in [-0.25, -0.2) is 0 Å². The second kappa shape index (κ2) is 8.73. The van der Waals surface area contributed by atoms with Crippen molar-refractivity contribution in [1.29, 1.82) is 0 Å². The normalized spacial score (nSPS) is 9.96. The Hall–Kier alpha value is -2.02. The molecule has 0 unspecified atom stereocenters. The summed E-state index contributed by atoms with van der Waals surface area (Å²) in [4.78, 5) is 11.8. The fraction of sp³-hybridized carbons (Fsp3) is 0.125. The highest BCUT2D eigenvalue weighted by Gasteiger charge is 2.07. The van der Waals surface area contributed by atoms with E-state index in [0.29, 0.717) is 15.8 Å². The van der Waals surface area contributed by atoms with Gasteiger partial charge in [-0.3, -0.25) is 15.6 Å². The highest BCUT2D eigenvalue weighted by atomic mass is 35.5. The summed E-state index contributed by atoms with van der Waals surface area (Å²) in [5.74, 6) is 0.0570. The van der Waals surface area contributed by atoms with Gasteiger partial charge in [0.05, 0.1) is 5.02 Å². The Morgan fingerprint density at radius 3 is 2.54 bits per heavy atom. The number of amides is 1. The average molecular weight is 384 g/mol. The van der Waals surface area contributed by atoms with Gasteiger partial charge in [0.15, 0.2) is 11.7 Å². The number of carbonyl (C=O) groups is 1. The van der Waals surface area contributed by atoms with Crippen molar-refractivity contribution in [3.05, 3.63) is 58.1 Å². The lowest BCUT2D eigenvalue weighted by molar-refractivity contribution is -0.123. The lowest BCUT2D eigenvalue weighted by Crippen LogP contribution is -2.45. The molecule has 24 heavy (non-hydrogen) atoms. The predicted octanol–water partition coefficient (Wildman–Crippen LogP) is 3.70. The zero-order chi connectivity index (χ0) is 17.5. The molecule has 0 aromatic heterocycles. The third-order valence-corrected chi connectivity index (χ3v) is 3.63. The Labute approximate surface area is 155 Å². The monoisotopic (exact) mass is 383 g/mol. The average Bonchev–Trinajstić information content (AvgIpc) is 2.56. The molecule has 3 N–H and O–H groups in total. The minimum absolute atomic E-state index is 0.195. The van der Waals surface area contributed by atoms with Gasteiger partial charge in [-0.1, -0.05) is 29.3 Å². The van der Waals surface area contributed by atoms with Crippen LogP contribution in [0.15, 0.2) is 42.5 Å². The largest absolute Gasteiger partial charge is 0.482 e. The first-order chi connectivity index (χ1) is 11.4. The molecular formula is C16H15Cl2N3O2S. The van der Waals surface area contributed by atoms with Crippen LogP contribution in [-0.4, -0.2) is 17.6 Å². The van der Waals surface area contributed by atoms with Crippen LogP contribution in [0.25, 0.3) is 0 Å². The molecule has 0 atom stereocenters. The van der Waals surface area contributed by atoms with E-state index in [4.69, 9.17) is 40.2 Å². The van der Waals surface area contributed by atoms with Gasteiger partial charge < -0.3 is 10.1 Å². The smallest absolute Gasteiger partial charge is 0.276 e. The number of anilines is 1. The van der Waals surface area contributed by atoms with E-state index >= 15 is 0 Å². The van der Waals surface area contributed by atoms with Crippen molar-refractivity contribution in [1.82, 2.24) is 10.9 Å². The van der Waals surface area contributed by atoms with E-state index in [1.807, 2.05) is 13.0 Å². The Morgan fingerprint density at radius 1 is 1.12 bits per heavy atom. The van der Waals surface area contributed by atoms with E-state index in [1.165, 1.54) is 0 Å². The first kappa shape index (κ1) is 18.3. The summed E-state index contributed by atoms with van der Waals surface area (Å²) in [6, 6.07) is 12.3. The van der Waals surface area contributed by atoms with Gasteiger partial charge in [0, 0.05) is 10.7 Å². The minimum Gasteiger partial charge on any atom is -0.482 e. The van der Waals surface area contributed by atoms with Crippen LogP contribution in [0.3, 0.4) is 0 Å². The van der Waals surface area contributed by atoms with Crippen LogP contribution in [-0.2, 0) is 4.79 Å². The maximum Gasteiger partial charge on any atom is 0.276 e. The topological polar surface area (TPSA) is 62.4 Å². The van der Waals surface area contributed by atoms with Gasteiger partial charge in [-0.05, 0) is 61.1 Å². The van der Waals surface area contributed by atoms with Crippen molar-refractivity contribution < 1.29 is 9.53 Å². The number of hydrogen-bond donors (Lipinski definition) is 3. The van der Waals surface area contributed by atoms with E-state index in [2.05, 4.69) is 16.2 Å². The van der Waals surface area contributed by atoms with Crippen LogP contribution in [0, 0.1) is 6.92 Å². The molecule has 0 aliphatic carbocycles. The molecule has 0 spiro atoms. The van der Waals surface area contributed by atoms with Gasteiger partial charge in [-0.15, -0.1) is 0 Å². The first-order valence-corrected chi connectivity index (χ1v) is 8.11. The quantitative estimate of drug-likeness (QED) is 0.554. The van der Waals surface area contributed by atoms with Gasteiger partial charge >= 0.3 is 0 Å². The Balaban J connectivity index is 1.75. The SMILES string of the molecule is Cc1ccc(Cl)c(OCC(=O)NNC(=S)Nc2ccc(Cl)cc2)c1. The van der Waals surface area contributed by atoms with Crippen LogP contribution < -0.4 is 20.9 Å². The van der Waals surface area contributed by atoms with E-state index in [1.54, 1.807) is 36.4 Å². The fourth-order valence-electron chi connectivity index (χ4n) is 1.72. The molecule has 0 bridgehead atoms. The molecule has 8 heteroatoms. The molecule has 2 rings (SSSR count). The maximum atomic E-state index is 11.8. The molecule has 0 saturated heterocycles. The van der Waals surface area contributed by atoms with Gasteiger partial charge in [0.2, 0.25) is 0 Å². The summed E-state index contributed by atoms with van der Waals surface area (Å²) in [7, 11) is 0. The molecule has 0 saturated carbocycles. The number of nitrogens with one attached hydrogen (secondary N) is 3. The lowest BCUT2D eigenvalue weighted by atomic mass is 10.2. The summed E-state index contributed by atoms with van der Waals surface area (Å²) >= 11 is 16.9. The van der Waals surface area contributed by atoms with Gasteiger partial charge in [0.1, 0.15) is 5.75 Å². The summed E-state index contributed by atoms with van der Waals surface area (Å²) in [5, 5.41) is 4.21. The van der Waals surface area contributed by atoms with Crippen LogP contribution in [0.2, 0.25) is 10.0 Å². The number of carbonyl (C=O) groups excluding carboxylic acids is 1. The van der Waals surface area contributed by atoms with Crippen LogP contribution in [0.1, 0.15) is 5.56 Å². The Bertz CT molecular complexity index is 739. The van der Waals surface area contributed by atoms with E-state index in [-0.39, 0.29) is 11.7 Å². The van der Waals surface area contributed by atoms with E-state index in [9.17, 15) is 4.79 Å². The molecule has 2 aromatic rings. The molecule has 126 valence electrons. The number of rotatable bonds is 4. The molecule has 5 nitrogen and oxygen atoms in total. The molecule has 0 heterocycles. The highest BCUT2D eigenvalue weighted by Crippen LogP contribution is 2.24.